The molecule has 0 radical (unpaired) electrons. The van der Waals surface area contributed by atoms with E-state index in [0.717, 1.165) is 75.1 Å². The highest BCUT2D eigenvalue weighted by Crippen LogP contribution is 2.41. The fourth-order valence-corrected chi connectivity index (χ4v) is 14.6. The minimum absolute atomic E-state index is 0.0705. The van der Waals surface area contributed by atoms with Crippen LogP contribution in [0.2, 0.25) is 0 Å². The Bertz CT molecular complexity index is 3410. The first-order valence-electron chi connectivity index (χ1n) is 24.5. The van der Waals surface area contributed by atoms with Gasteiger partial charge >= 0.3 is 15.5 Å². The normalized spacial score (nSPS) is 14.9. The van der Waals surface area contributed by atoms with Crippen molar-refractivity contribution in [3.63, 3.8) is 0 Å². The molecule has 0 aliphatic heterocycles. The van der Waals surface area contributed by atoms with Gasteiger partial charge in [-0.25, -0.2) is 34.0 Å². The zero-order chi connectivity index (χ0) is 54.1. The van der Waals surface area contributed by atoms with Gasteiger partial charge in [0.1, 0.15) is 18.1 Å². The van der Waals surface area contributed by atoms with Crippen LogP contribution in [0, 0.1) is 41.5 Å². The zero-order valence-corrected chi connectivity index (χ0v) is 45.2. The second-order valence-corrected chi connectivity index (χ2v) is 24.6. The van der Waals surface area contributed by atoms with Crippen LogP contribution in [0.3, 0.4) is 0 Å². The molecule has 74 heavy (non-hydrogen) atoms. The van der Waals surface area contributed by atoms with Crippen molar-refractivity contribution in [3.05, 3.63) is 153 Å². The van der Waals surface area contributed by atoms with Crippen molar-refractivity contribution >= 4 is 80.6 Å². The highest BCUT2D eigenvalue weighted by molar-refractivity contribution is 8.05. The Morgan fingerprint density at radius 2 is 1.28 bits per heavy atom. The van der Waals surface area contributed by atoms with E-state index in [1.807, 2.05) is 42.7 Å². The number of halogens is 5. The number of hydrogen-bond donors (Lipinski definition) is 3. The van der Waals surface area contributed by atoms with Gasteiger partial charge in [-0.1, -0.05) is 79.4 Å². The number of nitrogens with zero attached hydrogens (tertiary/aromatic N) is 2. The maximum Gasteiger partial charge on any atom is 0.512 e. The Balaban J connectivity index is 1.28. The Hall–Kier alpha value is -5.89. The van der Waals surface area contributed by atoms with Crippen molar-refractivity contribution in [1.82, 2.24) is 4.13 Å². The molecule has 1 saturated carbocycles. The first-order chi connectivity index (χ1) is 34.6. The van der Waals surface area contributed by atoms with Crippen molar-refractivity contribution in [2.45, 2.75) is 105 Å². The summed E-state index contributed by atoms with van der Waals surface area (Å²) in [6, 6.07) is 27.9. The van der Waals surface area contributed by atoms with Gasteiger partial charge in [-0.15, -0.1) is 4.13 Å². The summed E-state index contributed by atoms with van der Waals surface area (Å²) in [6.45, 7) is 16.6. The molecule has 0 heterocycles. The number of sulfonamides is 3. The van der Waals surface area contributed by atoms with Gasteiger partial charge in [-0.05, 0) is 149 Å². The number of fused-ring (bicyclic) bond motifs is 1. The lowest BCUT2D eigenvalue weighted by atomic mass is 9.87. The maximum atomic E-state index is 15.1. The van der Waals surface area contributed by atoms with E-state index in [9.17, 15) is 38.4 Å². The molecule has 5 aromatic rings. The molecule has 2 aliphatic carbocycles. The standard InChI is InChI=1S/C55H62F5N5O6S3/c1-9-64(52-37(5)30-35(3)31-38(52)6)44-24-20-41(21-25-44)50(48-28-29-49(47-19-15-14-18-46(47)48)61-43-16-12-11-13-17-43)42-22-26-45(27-23-42)65(10-2)53-39(7)32-36(4)51(40(53)8)62-72(66,67)33-54(56,57)34-73(68,69)63-74(70,71)55(58,59)60/h14-15,18-32,43,62-63H,9-13,16-17,33-34H2,1-8H3/p+1. The molecule has 0 bridgehead atoms. The van der Waals surface area contributed by atoms with Crippen molar-refractivity contribution in [3.8, 4) is 0 Å². The van der Waals surface area contributed by atoms with E-state index in [2.05, 4.69) is 115 Å². The minimum Gasteiger partial charge on any atom is -0.382 e. The molecule has 0 aromatic heterocycles. The summed E-state index contributed by atoms with van der Waals surface area (Å²) in [4.78, 5) is 2.33. The molecule has 3 N–H and O–H groups in total. The van der Waals surface area contributed by atoms with Gasteiger partial charge in [-0.3, -0.25) is 4.72 Å². The molecule has 396 valence electrons. The summed E-state index contributed by atoms with van der Waals surface area (Å²) in [7, 11) is -17.6. The van der Waals surface area contributed by atoms with E-state index in [1.165, 1.54) is 41.6 Å². The molecule has 1 fully saturated rings. The number of aryl methyl sites for hydroxylation is 5. The topological polar surface area (TPSA) is 145 Å². The third-order valence-electron chi connectivity index (χ3n) is 13.4. The fraction of sp³-hybridized carbons (Fsp3) is 0.364. The summed E-state index contributed by atoms with van der Waals surface area (Å²) < 4.78 is 147. The summed E-state index contributed by atoms with van der Waals surface area (Å²) in [5, 5.41) is 6.05. The minimum atomic E-state index is -6.58. The molecule has 2 aliphatic rings. The van der Waals surface area contributed by atoms with Crippen molar-refractivity contribution in [2.75, 3.05) is 39.5 Å². The van der Waals surface area contributed by atoms with Crippen LogP contribution in [0.15, 0.2) is 109 Å². The van der Waals surface area contributed by atoms with Crippen LogP contribution >= 0.6 is 0 Å². The predicted octanol–water partition coefficient (Wildman–Crippen LogP) is 12.5. The number of benzene rings is 5. The second kappa shape index (κ2) is 21.8. The van der Waals surface area contributed by atoms with E-state index in [0.29, 0.717) is 29.4 Å². The lowest BCUT2D eigenvalue weighted by Gasteiger charge is -2.28. The van der Waals surface area contributed by atoms with Crippen LogP contribution in [-0.4, -0.2) is 77.6 Å². The van der Waals surface area contributed by atoms with E-state index < -0.39 is 53.0 Å². The Labute approximate surface area is 432 Å². The average Bonchev–Trinajstić information content (AvgIpc) is 3.30. The largest absolute Gasteiger partial charge is 0.512 e. The molecular weight excluding hydrogens is 1020 g/mol. The van der Waals surface area contributed by atoms with Gasteiger partial charge in [0.2, 0.25) is 31.4 Å². The summed E-state index contributed by atoms with van der Waals surface area (Å²) in [6.07, 6.45) is 13.9. The second-order valence-electron chi connectivity index (χ2n) is 19.3. The van der Waals surface area contributed by atoms with Crippen molar-refractivity contribution in [2.24, 2.45) is 0 Å². The quantitative estimate of drug-likeness (QED) is 0.0617. The summed E-state index contributed by atoms with van der Waals surface area (Å²) in [5.74, 6) is -9.46. The van der Waals surface area contributed by atoms with Gasteiger partial charge in [0.05, 0.1) is 5.69 Å². The van der Waals surface area contributed by atoms with E-state index >= 15 is 8.78 Å². The summed E-state index contributed by atoms with van der Waals surface area (Å²) >= 11 is 0. The first kappa shape index (κ1) is 55.9. The highest BCUT2D eigenvalue weighted by Gasteiger charge is 2.50. The van der Waals surface area contributed by atoms with E-state index in [4.69, 9.17) is 0 Å². The molecule has 0 atom stereocenters. The lowest BCUT2D eigenvalue weighted by Crippen LogP contribution is -2.46. The molecule has 5 aromatic carbocycles. The lowest BCUT2D eigenvalue weighted by molar-refractivity contribution is -0.435. The number of alkyl halides is 5. The first-order valence-corrected chi connectivity index (χ1v) is 29.2. The van der Waals surface area contributed by atoms with Gasteiger partial charge < -0.3 is 10.2 Å². The van der Waals surface area contributed by atoms with Gasteiger partial charge in [0, 0.05) is 58.3 Å². The smallest absolute Gasteiger partial charge is 0.382 e. The number of allylic oxidation sites excluding steroid dienone is 5. The molecule has 0 unspecified atom stereocenters. The number of nitrogens with one attached hydrogen (secondary N) is 3. The van der Waals surface area contributed by atoms with E-state index in [1.54, 1.807) is 19.9 Å². The van der Waals surface area contributed by atoms with Crippen LogP contribution < -0.4 is 19.1 Å². The van der Waals surface area contributed by atoms with Crippen LogP contribution in [0.25, 0.3) is 16.3 Å². The third kappa shape index (κ3) is 12.4. The Kier molecular flexibility index (Phi) is 16.4. The SMILES string of the molecule is CCN(c1ccc(C(=C2C=CC(=[N+](CC)c3c(C)cc(C)c(NS(=O)(=O)CC(F)(F)CS(=O)(=O)NS(=O)(=O)C(F)(F)F)c3C)C=C2)c2ccc(NC3CCCCC3)c3ccccc23)cc1)c1c(C)cc(C)cc1C. The molecule has 11 nitrogen and oxygen atoms in total. The molecule has 0 spiro atoms. The van der Waals surface area contributed by atoms with Gasteiger partial charge in [0.15, 0.2) is 0 Å². The number of anilines is 4. The van der Waals surface area contributed by atoms with Crippen LogP contribution in [-0.2, 0) is 30.1 Å². The fourth-order valence-electron chi connectivity index (χ4n) is 10.5. The molecule has 19 heteroatoms. The van der Waals surface area contributed by atoms with Crippen LogP contribution in [0.1, 0.15) is 90.5 Å². The predicted molar refractivity (Wildman–Crippen MR) is 289 cm³/mol. The van der Waals surface area contributed by atoms with Crippen molar-refractivity contribution < 1.29 is 51.8 Å². The average molecular weight is 1080 g/mol. The zero-order valence-electron chi connectivity index (χ0n) is 42.7. The highest BCUT2D eigenvalue weighted by atomic mass is 32.3. The monoisotopic (exact) mass is 1080 g/mol. The number of rotatable bonds is 17. The Morgan fingerprint density at radius 1 is 0.689 bits per heavy atom. The Morgan fingerprint density at radius 3 is 1.86 bits per heavy atom. The number of hydrogen-bond acceptors (Lipinski definition) is 8. The van der Waals surface area contributed by atoms with E-state index in [-0.39, 0.29) is 9.81 Å². The van der Waals surface area contributed by atoms with Crippen molar-refractivity contribution in [1.29, 1.82) is 0 Å². The molecule has 7 rings (SSSR count). The van der Waals surface area contributed by atoms with Crippen LogP contribution in [0.4, 0.5) is 50.4 Å². The van der Waals surface area contributed by atoms with Crippen LogP contribution in [0.5, 0.6) is 0 Å². The molecule has 0 amide bonds. The summed E-state index contributed by atoms with van der Waals surface area (Å²) in [5.41, 5.74) is 7.38. The molecular formula is C55H63F5N5O6S3+. The molecule has 0 saturated heterocycles. The van der Waals surface area contributed by atoms with Gasteiger partial charge in [-0.2, -0.15) is 17.7 Å². The van der Waals surface area contributed by atoms with Gasteiger partial charge in [0.25, 0.3) is 5.92 Å². The maximum absolute atomic E-state index is 15.1. The third-order valence-corrected chi connectivity index (χ3v) is 18.1.